The normalized spacial score (nSPS) is 11.2. The molecule has 2 nitrogen and oxygen atoms in total. The highest BCUT2D eigenvalue weighted by Crippen LogP contribution is 2.31. The Kier molecular flexibility index (Phi) is 3.76. The van der Waals surface area contributed by atoms with Gasteiger partial charge in [-0.15, -0.1) is 11.3 Å². The van der Waals surface area contributed by atoms with E-state index in [1.165, 1.54) is 4.88 Å². The Morgan fingerprint density at radius 3 is 2.62 bits per heavy atom. The van der Waals surface area contributed by atoms with Crippen LogP contribution >= 0.6 is 27.3 Å². The van der Waals surface area contributed by atoms with Crippen molar-refractivity contribution in [3.05, 3.63) is 55.8 Å². The highest BCUT2D eigenvalue weighted by molar-refractivity contribution is 9.10. The number of carbonyl (C=O) groups excluding carboxylic acids is 1. The number of hydrogen-bond acceptors (Lipinski definition) is 2. The van der Waals surface area contributed by atoms with Crippen molar-refractivity contribution in [3.63, 3.8) is 0 Å². The molecular formula is C17H16BrNOS. The fourth-order valence-corrected chi connectivity index (χ4v) is 4.22. The van der Waals surface area contributed by atoms with E-state index in [0.29, 0.717) is 6.54 Å². The number of aromatic nitrogens is 1. The number of rotatable bonds is 3. The first kappa shape index (κ1) is 14.5. The number of carbonyl (C=O) groups is 1. The molecule has 0 aliphatic heterocycles. The molecule has 3 rings (SSSR count). The largest absolute Gasteiger partial charge is 0.336 e. The van der Waals surface area contributed by atoms with Gasteiger partial charge in [0.1, 0.15) is 0 Å². The zero-order valence-electron chi connectivity index (χ0n) is 12.2. The second kappa shape index (κ2) is 5.43. The van der Waals surface area contributed by atoms with Crippen LogP contribution in [0.3, 0.4) is 0 Å². The minimum atomic E-state index is 0.174. The maximum absolute atomic E-state index is 12.6. The Morgan fingerprint density at radius 2 is 1.95 bits per heavy atom. The zero-order valence-corrected chi connectivity index (χ0v) is 14.6. The quantitative estimate of drug-likeness (QED) is 0.582. The summed E-state index contributed by atoms with van der Waals surface area (Å²) >= 11 is 5.32. The van der Waals surface area contributed by atoms with Gasteiger partial charge >= 0.3 is 0 Å². The molecule has 2 aromatic heterocycles. The van der Waals surface area contributed by atoms with E-state index in [2.05, 4.69) is 32.6 Å². The molecule has 3 aromatic rings. The Balaban J connectivity index is 2.04. The number of Topliss-reactive ketones (excluding diaryl/α,β-unsaturated/α-hetero) is 1. The third-order valence-corrected chi connectivity index (χ3v) is 5.76. The van der Waals surface area contributed by atoms with Gasteiger partial charge in [0, 0.05) is 36.4 Å². The van der Waals surface area contributed by atoms with Crippen LogP contribution in [-0.2, 0) is 6.54 Å². The minimum absolute atomic E-state index is 0.174. The van der Waals surface area contributed by atoms with Gasteiger partial charge in [-0.2, -0.15) is 0 Å². The van der Waals surface area contributed by atoms with Crippen LogP contribution in [0.4, 0.5) is 0 Å². The Hall–Kier alpha value is -1.39. The number of ketones is 1. The fraction of sp³-hybridized carbons (Fsp3) is 0.235. The van der Waals surface area contributed by atoms with E-state index in [0.717, 1.165) is 31.5 Å². The van der Waals surface area contributed by atoms with E-state index >= 15 is 0 Å². The van der Waals surface area contributed by atoms with Gasteiger partial charge in [0.05, 0.1) is 6.54 Å². The molecule has 0 saturated carbocycles. The first-order valence-electron chi connectivity index (χ1n) is 6.82. The van der Waals surface area contributed by atoms with Crippen LogP contribution < -0.4 is 0 Å². The number of para-hydroxylation sites is 1. The number of benzene rings is 1. The molecule has 2 heterocycles. The van der Waals surface area contributed by atoms with Crippen LogP contribution in [0.1, 0.15) is 25.8 Å². The van der Waals surface area contributed by atoms with Gasteiger partial charge in [-0.1, -0.05) is 18.2 Å². The number of halogens is 1. The molecular weight excluding hydrogens is 346 g/mol. The van der Waals surface area contributed by atoms with Crippen LogP contribution in [0.15, 0.2) is 34.8 Å². The van der Waals surface area contributed by atoms with Gasteiger partial charge < -0.3 is 4.57 Å². The summed E-state index contributed by atoms with van der Waals surface area (Å²) in [6.07, 6.45) is 0. The molecule has 0 atom stereocenters. The molecule has 0 fully saturated rings. The molecule has 0 N–H and O–H groups in total. The molecule has 21 heavy (non-hydrogen) atoms. The average molecular weight is 362 g/mol. The summed E-state index contributed by atoms with van der Waals surface area (Å²) in [4.78, 5) is 14.9. The third-order valence-electron chi connectivity index (χ3n) is 3.80. The molecule has 0 saturated heterocycles. The van der Waals surface area contributed by atoms with Crippen LogP contribution in [0.2, 0.25) is 0 Å². The third kappa shape index (κ3) is 2.47. The van der Waals surface area contributed by atoms with Crippen molar-refractivity contribution >= 4 is 44.0 Å². The van der Waals surface area contributed by atoms with Crippen molar-refractivity contribution in [3.8, 4) is 0 Å². The number of nitrogens with zero attached hydrogens (tertiary/aromatic N) is 1. The maximum atomic E-state index is 12.6. The molecule has 108 valence electrons. The van der Waals surface area contributed by atoms with Crippen LogP contribution in [0.5, 0.6) is 0 Å². The molecule has 0 bridgehead atoms. The van der Waals surface area contributed by atoms with Gasteiger partial charge in [0.25, 0.3) is 0 Å². The minimum Gasteiger partial charge on any atom is -0.336 e. The van der Waals surface area contributed by atoms with Crippen LogP contribution in [-0.4, -0.2) is 10.4 Å². The standard InChI is InChI=1S/C17H16BrNOS/c1-10-8-14(12(3)21-10)16(20)9-19-11(2)17(18)13-6-4-5-7-15(13)19/h4-8H,9H2,1-3H3. The van der Waals surface area contributed by atoms with Crippen molar-refractivity contribution in [2.24, 2.45) is 0 Å². The topological polar surface area (TPSA) is 22.0 Å². The summed E-state index contributed by atoms with van der Waals surface area (Å²) in [6, 6.07) is 10.2. The van der Waals surface area contributed by atoms with Crippen molar-refractivity contribution in [2.75, 3.05) is 0 Å². The number of fused-ring (bicyclic) bond motifs is 1. The summed E-state index contributed by atoms with van der Waals surface area (Å²) in [6.45, 7) is 6.49. The van der Waals surface area contributed by atoms with Gasteiger partial charge in [-0.3, -0.25) is 4.79 Å². The first-order valence-corrected chi connectivity index (χ1v) is 8.43. The van der Waals surface area contributed by atoms with Crippen molar-refractivity contribution in [2.45, 2.75) is 27.3 Å². The van der Waals surface area contributed by atoms with E-state index in [-0.39, 0.29) is 5.78 Å². The summed E-state index contributed by atoms with van der Waals surface area (Å²) < 4.78 is 3.16. The van der Waals surface area contributed by atoms with E-state index < -0.39 is 0 Å². The van der Waals surface area contributed by atoms with Gasteiger partial charge in [0.15, 0.2) is 5.78 Å². The lowest BCUT2D eigenvalue weighted by Crippen LogP contribution is -2.11. The van der Waals surface area contributed by atoms with Gasteiger partial charge in [0.2, 0.25) is 0 Å². The summed E-state index contributed by atoms with van der Waals surface area (Å²) in [5, 5.41) is 1.15. The smallest absolute Gasteiger partial charge is 0.183 e. The lowest BCUT2D eigenvalue weighted by Gasteiger charge is -2.07. The highest BCUT2D eigenvalue weighted by atomic mass is 79.9. The number of thiophene rings is 1. The predicted molar refractivity (Wildman–Crippen MR) is 92.5 cm³/mol. The Labute approximate surface area is 136 Å². The summed E-state index contributed by atoms with van der Waals surface area (Å²) in [5.74, 6) is 0.174. The van der Waals surface area contributed by atoms with Crippen molar-refractivity contribution in [1.29, 1.82) is 0 Å². The van der Waals surface area contributed by atoms with Crippen molar-refractivity contribution in [1.82, 2.24) is 4.57 Å². The fourth-order valence-electron chi connectivity index (χ4n) is 2.73. The Bertz CT molecular complexity index is 844. The second-order valence-electron chi connectivity index (χ2n) is 5.25. The monoisotopic (exact) mass is 361 g/mol. The van der Waals surface area contributed by atoms with E-state index in [1.807, 2.05) is 39.0 Å². The SMILES string of the molecule is Cc1cc(C(=O)Cn2c(C)c(Br)c3ccccc32)c(C)s1. The van der Waals surface area contributed by atoms with Gasteiger partial charge in [-0.25, -0.2) is 0 Å². The molecule has 1 aromatic carbocycles. The summed E-state index contributed by atoms with van der Waals surface area (Å²) in [5.41, 5.74) is 3.04. The van der Waals surface area contributed by atoms with E-state index in [4.69, 9.17) is 0 Å². The zero-order chi connectivity index (χ0) is 15.1. The maximum Gasteiger partial charge on any atom is 0.183 e. The number of hydrogen-bond donors (Lipinski definition) is 0. The molecule has 0 amide bonds. The molecule has 0 unspecified atom stereocenters. The highest BCUT2D eigenvalue weighted by Gasteiger charge is 2.17. The predicted octanol–water partition coefficient (Wildman–Crippen LogP) is 5.27. The Morgan fingerprint density at radius 1 is 1.24 bits per heavy atom. The summed E-state index contributed by atoms with van der Waals surface area (Å²) in [7, 11) is 0. The molecule has 0 aliphatic rings. The van der Waals surface area contributed by atoms with E-state index in [1.54, 1.807) is 11.3 Å². The van der Waals surface area contributed by atoms with Crippen LogP contribution in [0.25, 0.3) is 10.9 Å². The lowest BCUT2D eigenvalue weighted by atomic mass is 10.1. The average Bonchev–Trinajstić information content (AvgIpc) is 2.92. The number of aryl methyl sites for hydroxylation is 2. The first-order chi connectivity index (χ1) is 9.99. The molecule has 0 aliphatic carbocycles. The molecule has 4 heteroatoms. The molecule has 0 radical (unpaired) electrons. The van der Waals surface area contributed by atoms with Crippen molar-refractivity contribution < 1.29 is 4.79 Å². The molecule has 0 spiro atoms. The van der Waals surface area contributed by atoms with E-state index in [9.17, 15) is 4.79 Å². The lowest BCUT2D eigenvalue weighted by molar-refractivity contribution is 0.0972. The second-order valence-corrected chi connectivity index (χ2v) is 7.51. The van der Waals surface area contributed by atoms with Crippen LogP contribution in [0, 0.1) is 20.8 Å². The van der Waals surface area contributed by atoms with Gasteiger partial charge in [-0.05, 0) is 48.8 Å².